The molecule has 0 atom stereocenters. The summed E-state index contributed by atoms with van der Waals surface area (Å²) >= 11 is 0. The van der Waals surface area contributed by atoms with Crippen molar-refractivity contribution in [1.82, 2.24) is 4.98 Å². The van der Waals surface area contributed by atoms with Crippen molar-refractivity contribution in [1.29, 1.82) is 0 Å². The van der Waals surface area contributed by atoms with Crippen LogP contribution in [0.25, 0.3) is 0 Å². The predicted octanol–water partition coefficient (Wildman–Crippen LogP) is -0.121. The highest BCUT2D eigenvalue weighted by molar-refractivity contribution is 7.88. The summed E-state index contributed by atoms with van der Waals surface area (Å²) in [5.41, 5.74) is 0.545. The Bertz CT molecular complexity index is 371. The lowest BCUT2D eigenvalue weighted by molar-refractivity contribution is 0.397. The number of rotatable bonds is 3. The number of primary sulfonamides is 1. The Morgan fingerprint density at radius 1 is 1.54 bits per heavy atom. The van der Waals surface area contributed by atoms with Gasteiger partial charge in [0.25, 0.3) is 0 Å². The van der Waals surface area contributed by atoms with Gasteiger partial charge < -0.3 is 4.74 Å². The quantitative estimate of drug-likeness (QED) is 0.740. The van der Waals surface area contributed by atoms with Crippen LogP contribution in [-0.2, 0) is 15.8 Å². The Morgan fingerprint density at radius 2 is 2.23 bits per heavy atom. The smallest absolute Gasteiger partial charge is 0.213 e. The van der Waals surface area contributed by atoms with E-state index in [-0.39, 0.29) is 5.75 Å². The molecule has 0 aromatic carbocycles. The molecule has 5 nitrogen and oxygen atoms in total. The highest BCUT2D eigenvalue weighted by atomic mass is 32.2. The molecule has 6 heteroatoms. The number of ether oxygens (including phenoxy) is 1. The van der Waals surface area contributed by atoms with Crippen LogP contribution in [0, 0.1) is 0 Å². The first-order valence-electron chi connectivity index (χ1n) is 3.50. The van der Waals surface area contributed by atoms with Gasteiger partial charge in [-0.25, -0.2) is 18.5 Å². The number of methoxy groups -OCH3 is 1. The van der Waals surface area contributed by atoms with Crippen molar-refractivity contribution in [3.63, 3.8) is 0 Å². The monoisotopic (exact) mass is 202 g/mol. The lowest BCUT2D eigenvalue weighted by Gasteiger charge is -2.00. The van der Waals surface area contributed by atoms with Crippen molar-refractivity contribution in [2.24, 2.45) is 5.14 Å². The van der Waals surface area contributed by atoms with Gasteiger partial charge in [-0.2, -0.15) is 0 Å². The summed E-state index contributed by atoms with van der Waals surface area (Å²) in [6.45, 7) is 0. The van der Waals surface area contributed by atoms with Gasteiger partial charge in [-0.1, -0.05) is 6.07 Å². The summed E-state index contributed by atoms with van der Waals surface area (Å²) in [6, 6.07) is 3.19. The molecule has 1 aromatic rings. The molecular weight excluding hydrogens is 192 g/mol. The van der Waals surface area contributed by atoms with Crippen LogP contribution in [0.15, 0.2) is 18.3 Å². The molecule has 0 radical (unpaired) electrons. The maximum Gasteiger partial charge on any atom is 0.213 e. The van der Waals surface area contributed by atoms with Gasteiger partial charge in [-0.3, -0.25) is 0 Å². The van der Waals surface area contributed by atoms with E-state index in [4.69, 9.17) is 9.88 Å². The van der Waals surface area contributed by atoms with E-state index in [1.54, 1.807) is 12.1 Å². The fourth-order valence-corrected chi connectivity index (χ4v) is 1.48. The molecule has 1 aromatic heterocycles. The van der Waals surface area contributed by atoms with Crippen molar-refractivity contribution in [3.8, 4) is 5.88 Å². The number of nitrogens with zero attached hydrogens (tertiary/aromatic N) is 1. The molecule has 0 aliphatic rings. The minimum atomic E-state index is -3.48. The average molecular weight is 202 g/mol. The van der Waals surface area contributed by atoms with Gasteiger partial charge in [0.1, 0.15) is 0 Å². The van der Waals surface area contributed by atoms with Gasteiger partial charge in [-0.05, 0) is 5.56 Å². The molecular formula is C7H10N2O3S. The molecule has 0 aliphatic carbocycles. The molecule has 1 heterocycles. The molecule has 0 saturated heterocycles. The van der Waals surface area contributed by atoms with Crippen LogP contribution in [0.4, 0.5) is 0 Å². The third-order valence-corrected chi connectivity index (χ3v) is 2.11. The summed E-state index contributed by atoms with van der Waals surface area (Å²) in [6.07, 6.45) is 1.42. The largest absolute Gasteiger partial charge is 0.481 e. The number of nitrogens with two attached hydrogens (primary N) is 1. The number of pyridine rings is 1. The second kappa shape index (κ2) is 3.71. The van der Waals surface area contributed by atoms with E-state index < -0.39 is 10.0 Å². The van der Waals surface area contributed by atoms with Crippen molar-refractivity contribution >= 4 is 10.0 Å². The highest BCUT2D eigenvalue weighted by Crippen LogP contribution is 2.08. The summed E-state index contributed by atoms with van der Waals surface area (Å²) in [5.74, 6) is 0.238. The molecule has 0 fully saturated rings. The molecule has 0 amide bonds. The van der Waals surface area contributed by atoms with Crippen LogP contribution in [0.2, 0.25) is 0 Å². The molecule has 0 aliphatic heterocycles. The third kappa shape index (κ3) is 3.39. The second-order valence-electron chi connectivity index (χ2n) is 2.52. The van der Waals surface area contributed by atoms with Crippen LogP contribution in [-0.4, -0.2) is 20.5 Å². The SMILES string of the molecule is COc1ccc(CS(N)(=O)=O)cn1. The lowest BCUT2D eigenvalue weighted by atomic mass is 10.3. The van der Waals surface area contributed by atoms with Crippen molar-refractivity contribution in [3.05, 3.63) is 23.9 Å². The number of sulfonamides is 1. The first-order valence-corrected chi connectivity index (χ1v) is 5.22. The summed E-state index contributed by atoms with van der Waals surface area (Å²) < 4.78 is 26.2. The number of hydrogen-bond donors (Lipinski definition) is 1. The Kier molecular flexibility index (Phi) is 2.84. The predicted molar refractivity (Wildman–Crippen MR) is 47.6 cm³/mol. The zero-order valence-electron chi connectivity index (χ0n) is 7.10. The van der Waals surface area contributed by atoms with Crippen LogP contribution in [0.5, 0.6) is 5.88 Å². The van der Waals surface area contributed by atoms with Gasteiger partial charge in [0.2, 0.25) is 15.9 Å². The molecule has 13 heavy (non-hydrogen) atoms. The Balaban J connectivity index is 2.81. The Morgan fingerprint density at radius 3 is 2.62 bits per heavy atom. The molecule has 0 unspecified atom stereocenters. The Labute approximate surface area is 76.6 Å². The zero-order chi connectivity index (χ0) is 9.90. The first kappa shape index (κ1) is 9.94. The lowest BCUT2D eigenvalue weighted by Crippen LogP contribution is -2.14. The number of aromatic nitrogens is 1. The molecule has 0 saturated carbocycles. The van der Waals surface area contributed by atoms with Gasteiger partial charge in [0, 0.05) is 12.3 Å². The minimum Gasteiger partial charge on any atom is -0.481 e. The maximum absolute atomic E-state index is 10.7. The van der Waals surface area contributed by atoms with E-state index in [0.717, 1.165) is 0 Å². The van der Waals surface area contributed by atoms with E-state index in [1.807, 2.05) is 0 Å². The second-order valence-corrected chi connectivity index (χ2v) is 4.13. The zero-order valence-corrected chi connectivity index (χ0v) is 7.91. The number of hydrogen-bond acceptors (Lipinski definition) is 4. The minimum absolute atomic E-state index is 0.204. The van der Waals surface area contributed by atoms with Crippen molar-refractivity contribution in [2.45, 2.75) is 5.75 Å². The van der Waals surface area contributed by atoms with Crippen LogP contribution in [0.1, 0.15) is 5.56 Å². The summed E-state index contributed by atoms with van der Waals surface area (Å²) in [5, 5.41) is 4.85. The molecule has 72 valence electrons. The molecule has 1 rings (SSSR count). The van der Waals surface area contributed by atoms with Gasteiger partial charge in [-0.15, -0.1) is 0 Å². The molecule has 0 bridgehead atoms. The average Bonchev–Trinajstić information content (AvgIpc) is 2.03. The fraction of sp³-hybridized carbons (Fsp3) is 0.286. The van der Waals surface area contributed by atoms with Crippen LogP contribution in [0.3, 0.4) is 0 Å². The topological polar surface area (TPSA) is 82.3 Å². The summed E-state index contributed by atoms with van der Waals surface area (Å²) in [7, 11) is -1.99. The first-order chi connectivity index (χ1) is 6.01. The Hall–Kier alpha value is -1.14. The fourth-order valence-electron chi connectivity index (χ4n) is 0.849. The van der Waals surface area contributed by atoms with Gasteiger partial charge in [0.15, 0.2) is 0 Å². The van der Waals surface area contributed by atoms with E-state index in [0.29, 0.717) is 11.4 Å². The normalized spacial score (nSPS) is 11.2. The van der Waals surface area contributed by atoms with E-state index in [9.17, 15) is 8.42 Å². The van der Waals surface area contributed by atoms with E-state index in [2.05, 4.69) is 4.98 Å². The van der Waals surface area contributed by atoms with Crippen LogP contribution < -0.4 is 9.88 Å². The van der Waals surface area contributed by atoms with E-state index in [1.165, 1.54) is 13.3 Å². The van der Waals surface area contributed by atoms with Crippen molar-refractivity contribution in [2.75, 3.05) is 7.11 Å². The highest BCUT2D eigenvalue weighted by Gasteiger charge is 2.04. The standard InChI is InChI=1S/C7H10N2O3S/c1-12-7-3-2-6(4-9-7)5-13(8,10)11/h2-4H,5H2,1H3,(H2,8,10,11). The third-order valence-electron chi connectivity index (χ3n) is 1.37. The summed E-state index contributed by atoms with van der Waals surface area (Å²) in [4.78, 5) is 3.84. The van der Waals surface area contributed by atoms with E-state index >= 15 is 0 Å². The molecule has 2 N–H and O–H groups in total. The van der Waals surface area contributed by atoms with Crippen LogP contribution >= 0.6 is 0 Å². The van der Waals surface area contributed by atoms with Gasteiger partial charge in [0.05, 0.1) is 12.9 Å². The van der Waals surface area contributed by atoms with Crippen molar-refractivity contribution < 1.29 is 13.2 Å². The maximum atomic E-state index is 10.7. The molecule has 0 spiro atoms. The van der Waals surface area contributed by atoms with Gasteiger partial charge >= 0.3 is 0 Å².